The highest BCUT2D eigenvalue weighted by molar-refractivity contribution is 6.31. The maximum absolute atomic E-state index is 14.4. The van der Waals surface area contributed by atoms with Crippen LogP contribution in [0.1, 0.15) is 36.3 Å². The first-order valence-electron chi connectivity index (χ1n) is 11.1. The van der Waals surface area contributed by atoms with Crippen LogP contribution < -0.4 is 5.32 Å². The summed E-state index contributed by atoms with van der Waals surface area (Å²) in [5.74, 6) is -1.34. The molecule has 182 valence electrons. The molecule has 2 atom stereocenters. The van der Waals surface area contributed by atoms with E-state index in [1.807, 2.05) is 18.2 Å². The Kier molecular flexibility index (Phi) is 6.66. The molecular weight excluding hydrogens is 469 g/mol. The Labute approximate surface area is 201 Å². The Morgan fingerprint density at radius 2 is 1.71 bits per heavy atom. The number of nitrogens with zero attached hydrogens (tertiary/aromatic N) is 1. The van der Waals surface area contributed by atoms with Crippen molar-refractivity contribution < 1.29 is 27.5 Å². The van der Waals surface area contributed by atoms with Crippen molar-refractivity contribution in [2.45, 2.75) is 37.0 Å². The Hall–Kier alpha value is -2.58. The molecule has 0 aliphatic carbocycles. The third kappa shape index (κ3) is 4.07. The highest BCUT2D eigenvalue weighted by Crippen LogP contribution is 2.51. The van der Waals surface area contributed by atoms with Crippen LogP contribution in [-0.2, 0) is 19.9 Å². The van der Waals surface area contributed by atoms with Gasteiger partial charge in [-0.3, -0.25) is 9.59 Å². The minimum Gasteiger partial charge on any atom is -0.356 e. The molecule has 0 aromatic heterocycles. The number of alkyl halides is 3. The Morgan fingerprint density at radius 1 is 1.09 bits per heavy atom. The van der Waals surface area contributed by atoms with Crippen LogP contribution in [0.15, 0.2) is 54.6 Å². The van der Waals surface area contributed by atoms with E-state index in [2.05, 4.69) is 5.32 Å². The molecule has 4 rings (SSSR count). The Bertz CT molecular complexity index is 1050. The molecule has 2 aromatic rings. The number of piperidine rings is 2. The first-order chi connectivity index (χ1) is 16.1. The van der Waals surface area contributed by atoms with E-state index in [4.69, 9.17) is 16.3 Å². The third-order valence-electron chi connectivity index (χ3n) is 7.27. The van der Waals surface area contributed by atoms with Crippen molar-refractivity contribution in [2.24, 2.45) is 5.41 Å². The molecule has 1 spiro atoms. The topological polar surface area (TPSA) is 58.6 Å². The Balaban J connectivity index is 1.63. The minimum atomic E-state index is -4.96. The van der Waals surface area contributed by atoms with E-state index in [9.17, 15) is 22.8 Å². The fraction of sp³-hybridized carbons (Fsp3) is 0.440. The number of halogens is 4. The highest BCUT2D eigenvalue weighted by Gasteiger charge is 2.64. The molecule has 2 heterocycles. The molecule has 1 unspecified atom stereocenters. The molecule has 5 nitrogen and oxygen atoms in total. The van der Waals surface area contributed by atoms with Crippen LogP contribution in [0.5, 0.6) is 0 Å². The van der Waals surface area contributed by atoms with Gasteiger partial charge < -0.3 is 15.0 Å². The van der Waals surface area contributed by atoms with Crippen molar-refractivity contribution in [3.63, 3.8) is 0 Å². The van der Waals surface area contributed by atoms with E-state index in [1.54, 1.807) is 12.1 Å². The third-order valence-corrected chi connectivity index (χ3v) is 7.61. The summed E-state index contributed by atoms with van der Waals surface area (Å²) in [5, 5.41) is 3.48. The highest BCUT2D eigenvalue weighted by atomic mass is 35.5. The molecule has 2 aliphatic heterocycles. The van der Waals surface area contributed by atoms with Crippen molar-refractivity contribution in [1.29, 1.82) is 0 Å². The second-order valence-electron chi connectivity index (χ2n) is 8.96. The monoisotopic (exact) mass is 494 g/mol. The molecule has 2 amide bonds. The van der Waals surface area contributed by atoms with Crippen molar-refractivity contribution >= 4 is 23.4 Å². The van der Waals surface area contributed by atoms with Crippen LogP contribution in [0.2, 0.25) is 5.02 Å². The standard InChI is InChI=1S/C25H26ClF3N2O3/c1-34-24(25(27,28)29,17-7-3-2-4-8-17)22(33)31-13-11-23(12-14-31)15-21(32)30-16-19(23)18-9-5-6-10-20(18)26/h2-10,19H,11-16H2,1H3,(H,30,32)/t19?,24-/m1/s1. The lowest BCUT2D eigenvalue weighted by Gasteiger charge is -2.50. The van der Waals surface area contributed by atoms with Crippen LogP contribution in [0.3, 0.4) is 0 Å². The lowest BCUT2D eigenvalue weighted by Crippen LogP contribution is -2.60. The molecule has 2 saturated heterocycles. The van der Waals surface area contributed by atoms with Gasteiger partial charge in [0.2, 0.25) is 5.91 Å². The minimum absolute atomic E-state index is 0.0844. The average molecular weight is 495 g/mol. The van der Waals surface area contributed by atoms with E-state index >= 15 is 0 Å². The summed E-state index contributed by atoms with van der Waals surface area (Å²) in [6.07, 6.45) is -3.96. The van der Waals surface area contributed by atoms with Crippen molar-refractivity contribution in [3.8, 4) is 0 Å². The molecule has 1 N–H and O–H groups in total. The number of nitrogens with one attached hydrogen (secondary N) is 1. The lowest BCUT2D eigenvalue weighted by molar-refractivity contribution is -0.271. The van der Waals surface area contributed by atoms with Gasteiger partial charge in [-0.2, -0.15) is 13.2 Å². The van der Waals surface area contributed by atoms with E-state index < -0.39 is 23.1 Å². The molecule has 0 bridgehead atoms. The van der Waals surface area contributed by atoms with E-state index in [1.165, 1.54) is 29.2 Å². The van der Waals surface area contributed by atoms with Gasteiger partial charge >= 0.3 is 6.18 Å². The maximum Gasteiger partial charge on any atom is 0.430 e. The van der Waals surface area contributed by atoms with E-state index in [0.717, 1.165) is 12.7 Å². The SMILES string of the molecule is CO[C@@](C(=O)N1CCC2(CC1)CC(=O)NCC2c1ccccc1Cl)(c1ccccc1)C(F)(F)F. The number of ether oxygens (including phenoxy) is 1. The van der Waals surface area contributed by atoms with Gasteiger partial charge in [-0.15, -0.1) is 0 Å². The van der Waals surface area contributed by atoms with Crippen LogP contribution in [0, 0.1) is 5.41 Å². The van der Waals surface area contributed by atoms with Gasteiger partial charge in [-0.05, 0) is 29.9 Å². The van der Waals surface area contributed by atoms with Crippen LogP contribution in [-0.4, -0.2) is 49.6 Å². The number of hydrogen-bond donors (Lipinski definition) is 1. The normalized spacial score (nSPS) is 22.2. The van der Waals surface area contributed by atoms with E-state index in [0.29, 0.717) is 24.4 Å². The van der Waals surface area contributed by atoms with Crippen molar-refractivity contribution in [3.05, 3.63) is 70.7 Å². The molecule has 0 saturated carbocycles. The van der Waals surface area contributed by atoms with Gasteiger partial charge in [0.25, 0.3) is 11.5 Å². The summed E-state index contributed by atoms with van der Waals surface area (Å²) in [6.45, 7) is 0.563. The first kappa shape index (κ1) is 24.5. The summed E-state index contributed by atoms with van der Waals surface area (Å²) in [7, 11) is 0.905. The lowest BCUT2D eigenvalue weighted by atomic mass is 9.62. The molecular formula is C25H26ClF3N2O3. The zero-order valence-corrected chi connectivity index (χ0v) is 19.5. The number of rotatable bonds is 4. The van der Waals surface area contributed by atoms with Crippen LogP contribution in [0.25, 0.3) is 0 Å². The van der Waals surface area contributed by atoms with Gasteiger partial charge in [0, 0.05) is 49.7 Å². The van der Waals surface area contributed by atoms with Gasteiger partial charge in [-0.1, -0.05) is 60.1 Å². The fourth-order valence-corrected chi connectivity index (χ4v) is 5.71. The van der Waals surface area contributed by atoms with Gasteiger partial charge in [-0.25, -0.2) is 0 Å². The zero-order valence-electron chi connectivity index (χ0n) is 18.7. The molecule has 2 fully saturated rings. The molecule has 0 radical (unpaired) electrons. The quantitative estimate of drug-likeness (QED) is 0.672. The number of carbonyl (C=O) groups is 2. The number of methoxy groups -OCH3 is 1. The largest absolute Gasteiger partial charge is 0.430 e. The van der Waals surface area contributed by atoms with Gasteiger partial charge in [0.15, 0.2) is 0 Å². The number of carbonyl (C=O) groups excluding carboxylic acids is 2. The molecule has 2 aliphatic rings. The number of benzene rings is 2. The zero-order chi connectivity index (χ0) is 24.6. The molecule has 34 heavy (non-hydrogen) atoms. The number of likely N-dealkylation sites (tertiary alicyclic amines) is 1. The fourth-order valence-electron chi connectivity index (χ4n) is 5.44. The smallest absolute Gasteiger partial charge is 0.356 e. The second kappa shape index (κ2) is 9.23. The second-order valence-corrected chi connectivity index (χ2v) is 9.37. The van der Waals surface area contributed by atoms with Crippen LogP contribution in [0.4, 0.5) is 13.2 Å². The maximum atomic E-state index is 14.4. The predicted molar refractivity (Wildman–Crippen MR) is 121 cm³/mol. The summed E-state index contributed by atoms with van der Waals surface area (Å²) >= 11 is 6.45. The van der Waals surface area contributed by atoms with Gasteiger partial charge in [0.1, 0.15) is 0 Å². The van der Waals surface area contributed by atoms with Crippen molar-refractivity contribution in [1.82, 2.24) is 10.2 Å². The first-order valence-corrected chi connectivity index (χ1v) is 11.5. The van der Waals surface area contributed by atoms with E-state index in [-0.39, 0.29) is 36.9 Å². The van der Waals surface area contributed by atoms with Crippen molar-refractivity contribution in [2.75, 3.05) is 26.7 Å². The molecule has 9 heteroatoms. The predicted octanol–water partition coefficient (Wildman–Crippen LogP) is 4.66. The average Bonchev–Trinajstić information content (AvgIpc) is 2.81. The molecule has 2 aromatic carbocycles. The van der Waals surface area contributed by atoms with Gasteiger partial charge in [0.05, 0.1) is 0 Å². The Morgan fingerprint density at radius 3 is 2.29 bits per heavy atom. The summed E-state index contributed by atoms with van der Waals surface area (Å²) in [5.41, 5.74) is -2.95. The van der Waals surface area contributed by atoms with Crippen LogP contribution >= 0.6 is 11.6 Å². The number of hydrogen-bond acceptors (Lipinski definition) is 3. The summed E-state index contributed by atoms with van der Waals surface area (Å²) < 4.78 is 48.0. The summed E-state index contributed by atoms with van der Waals surface area (Å²) in [6, 6.07) is 14.4. The number of amides is 2. The summed E-state index contributed by atoms with van der Waals surface area (Å²) in [4.78, 5) is 27.0.